The molecule has 96 valence electrons. The van der Waals surface area contributed by atoms with Gasteiger partial charge in [-0.1, -0.05) is 18.2 Å². The Bertz CT molecular complexity index is 290. The Morgan fingerprint density at radius 3 is 2.35 bits per heavy atom. The van der Waals surface area contributed by atoms with E-state index in [9.17, 15) is 0 Å². The largest absolute Gasteiger partial charge is 0.494 e. The molecule has 0 fully saturated rings. The van der Waals surface area contributed by atoms with Gasteiger partial charge in [0.1, 0.15) is 5.75 Å². The van der Waals surface area contributed by atoms with Crippen molar-refractivity contribution in [3.05, 3.63) is 30.3 Å². The first-order valence-electron chi connectivity index (χ1n) is 6.51. The summed E-state index contributed by atoms with van der Waals surface area (Å²) in [4.78, 5) is 0. The van der Waals surface area contributed by atoms with Gasteiger partial charge in [0.15, 0.2) is 0 Å². The maximum Gasteiger partial charge on any atom is 0.119 e. The zero-order valence-electron chi connectivity index (χ0n) is 11.3. The number of benzene rings is 1. The molecule has 0 spiro atoms. The summed E-state index contributed by atoms with van der Waals surface area (Å²) in [5.74, 6) is 0.973. The summed E-state index contributed by atoms with van der Waals surface area (Å²) in [6.07, 6.45) is 3.56. The Morgan fingerprint density at radius 2 is 1.71 bits per heavy atom. The van der Waals surface area contributed by atoms with E-state index in [0.29, 0.717) is 0 Å². The van der Waals surface area contributed by atoms with Crippen molar-refractivity contribution in [2.24, 2.45) is 0 Å². The Labute approximate surface area is 105 Å². The van der Waals surface area contributed by atoms with Gasteiger partial charge >= 0.3 is 0 Å². The van der Waals surface area contributed by atoms with Gasteiger partial charge in [-0.15, -0.1) is 0 Å². The fourth-order valence-electron chi connectivity index (χ4n) is 1.57. The summed E-state index contributed by atoms with van der Waals surface area (Å²) in [5.41, 5.74) is 0.237. The topological polar surface area (TPSA) is 21.3 Å². The third-order valence-corrected chi connectivity index (χ3v) is 2.49. The molecular formula is C15H25NO. The van der Waals surface area contributed by atoms with Crippen molar-refractivity contribution < 1.29 is 4.74 Å². The number of para-hydroxylation sites is 1. The molecule has 1 aromatic rings. The van der Waals surface area contributed by atoms with E-state index in [1.807, 2.05) is 30.3 Å². The molecule has 0 aliphatic carbocycles. The minimum Gasteiger partial charge on any atom is -0.494 e. The first-order chi connectivity index (χ1) is 8.08. The molecule has 1 rings (SSSR count). The molecule has 0 aromatic heterocycles. The van der Waals surface area contributed by atoms with Gasteiger partial charge in [0.2, 0.25) is 0 Å². The van der Waals surface area contributed by atoms with E-state index in [4.69, 9.17) is 4.74 Å². The van der Waals surface area contributed by atoms with Gasteiger partial charge < -0.3 is 10.1 Å². The van der Waals surface area contributed by atoms with Crippen LogP contribution >= 0.6 is 0 Å². The highest BCUT2D eigenvalue weighted by Crippen LogP contribution is 2.09. The van der Waals surface area contributed by atoms with Gasteiger partial charge in [-0.2, -0.15) is 0 Å². The van der Waals surface area contributed by atoms with Gasteiger partial charge in [0.05, 0.1) is 6.61 Å². The second-order valence-electron chi connectivity index (χ2n) is 5.40. The minimum absolute atomic E-state index is 0.237. The van der Waals surface area contributed by atoms with E-state index in [0.717, 1.165) is 25.3 Å². The first-order valence-corrected chi connectivity index (χ1v) is 6.51. The quantitative estimate of drug-likeness (QED) is 0.729. The molecule has 1 N–H and O–H groups in total. The SMILES string of the molecule is CC(C)(C)NCCCCCOc1ccccc1. The highest BCUT2D eigenvalue weighted by atomic mass is 16.5. The van der Waals surface area contributed by atoms with E-state index in [2.05, 4.69) is 26.1 Å². The second kappa shape index (κ2) is 7.33. The van der Waals surface area contributed by atoms with Crippen LogP contribution in [0.15, 0.2) is 30.3 Å². The highest BCUT2D eigenvalue weighted by Gasteiger charge is 2.06. The number of nitrogens with one attached hydrogen (secondary N) is 1. The fraction of sp³-hybridized carbons (Fsp3) is 0.600. The maximum absolute atomic E-state index is 5.63. The van der Waals surface area contributed by atoms with Crippen LogP contribution in [0.25, 0.3) is 0 Å². The average molecular weight is 235 g/mol. The van der Waals surface area contributed by atoms with Crippen molar-refractivity contribution in [2.45, 2.75) is 45.6 Å². The Hall–Kier alpha value is -1.02. The molecule has 2 nitrogen and oxygen atoms in total. The van der Waals surface area contributed by atoms with Crippen molar-refractivity contribution in [2.75, 3.05) is 13.2 Å². The van der Waals surface area contributed by atoms with Gasteiger partial charge in [0, 0.05) is 5.54 Å². The lowest BCUT2D eigenvalue weighted by molar-refractivity contribution is 0.303. The molecule has 0 saturated carbocycles. The average Bonchev–Trinajstić information content (AvgIpc) is 2.28. The van der Waals surface area contributed by atoms with Crippen LogP contribution in [0, 0.1) is 0 Å². The molecular weight excluding hydrogens is 210 g/mol. The molecule has 1 aromatic carbocycles. The van der Waals surface area contributed by atoms with Crippen molar-refractivity contribution in [3.8, 4) is 5.75 Å². The van der Waals surface area contributed by atoms with Gasteiger partial charge in [-0.05, 0) is 58.7 Å². The van der Waals surface area contributed by atoms with Crippen molar-refractivity contribution in [3.63, 3.8) is 0 Å². The van der Waals surface area contributed by atoms with E-state index in [1.165, 1.54) is 12.8 Å². The monoisotopic (exact) mass is 235 g/mol. The summed E-state index contributed by atoms with van der Waals surface area (Å²) < 4.78 is 5.63. The molecule has 0 saturated heterocycles. The number of ether oxygens (including phenoxy) is 1. The zero-order chi connectivity index (χ0) is 12.6. The van der Waals surface area contributed by atoms with Crippen LogP contribution in [0.2, 0.25) is 0 Å². The molecule has 0 bridgehead atoms. The minimum atomic E-state index is 0.237. The van der Waals surface area contributed by atoms with Crippen LogP contribution < -0.4 is 10.1 Å². The fourth-order valence-corrected chi connectivity index (χ4v) is 1.57. The van der Waals surface area contributed by atoms with E-state index in [-0.39, 0.29) is 5.54 Å². The lowest BCUT2D eigenvalue weighted by Crippen LogP contribution is -2.36. The summed E-state index contributed by atoms with van der Waals surface area (Å²) in [6.45, 7) is 8.51. The molecule has 17 heavy (non-hydrogen) atoms. The van der Waals surface area contributed by atoms with Crippen LogP contribution in [-0.4, -0.2) is 18.7 Å². The van der Waals surface area contributed by atoms with Crippen LogP contribution in [0.4, 0.5) is 0 Å². The molecule has 0 unspecified atom stereocenters. The zero-order valence-corrected chi connectivity index (χ0v) is 11.3. The molecule has 0 aliphatic rings. The summed E-state index contributed by atoms with van der Waals surface area (Å²) in [6, 6.07) is 10.0. The highest BCUT2D eigenvalue weighted by molar-refractivity contribution is 5.20. The Kier molecular flexibility index (Phi) is 6.06. The van der Waals surface area contributed by atoms with Crippen molar-refractivity contribution in [1.29, 1.82) is 0 Å². The molecule has 0 aliphatic heterocycles. The van der Waals surface area contributed by atoms with E-state index < -0.39 is 0 Å². The maximum atomic E-state index is 5.63. The molecule has 2 heteroatoms. The van der Waals surface area contributed by atoms with Crippen molar-refractivity contribution >= 4 is 0 Å². The lowest BCUT2D eigenvalue weighted by Gasteiger charge is -2.20. The predicted molar refractivity (Wildman–Crippen MR) is 73.5 cm³/mol. The van der Waals surface area contributed by atoms with Crippen LogP contribution in [-0.2, 0) is 0 Å². The van der Waals surface area contributed by atoms with Crippen LogP contribution in [0.3, 0.4) is 0 Å². The second-order valence-corrected chi connectivity index (χ2v) is 5.40. The number of rotatable bonds is 7. The molecule has 0 heterocycles. The smallest absolute Gasteiger partial charge is 0.119 e. The molecule has 0 amide bonds. The number of unbranched alkanes of at least 4 members (excludes halogenated alkanes) is 2. The van der Waals surface area contributed by atoms with Gasteiger partial charge in [-0.3, -0.25) is 0 Å². The van der Waals surface area contributed by atoms with Gasteiger partial charge in [-0.25, -0.2) is 0 Å². The summed E-state index contributed by atoms with van der Waals surface area (Å²) in [7, 11) is 0. The normalized spacial score (nSPS) is 11.5. The standard InChI is InChI=1S/C15H25NO/c1-15(2,3)16-12-8-5-9-13-17-14-10-6-4-7-11-14/h4,6-7,10-11,16H,5,8-9,12-13H2,1-3H3. The number of hydrogen-bond acceptors (Lipinski definition) is 2. The number of hydrogen-bond donors (Lipinski definition) is 1. The lowest BCUT2D eigenvalue weighted by atomic mass is 10.1. The summed E-state index contributed by atoms with van der Waals surface area (Å²) >= 11 is 0. The van der Waals surface area contributed by atoms with Crippen LogP contribution in [0.1, 0.15) is 40.0 Å². The van der Waals surface area contributed by atoms with E-state index in [1.54, 1.807) is 0 Å². The first kappa shape index (κ1) is 14.0. The predicted octanol–water partition coefficient (Wildman–Crippen LogP) is 3.62. The molecule has 0 radical (unpaired) electrons. The third kappa shape index (κ3) is 7.81. The Balaban J connectivity index is 1.95. The van der Waals surface area contributed by atoms with Gasteiger partial charge in [0.25, 0.3) is 0 Å². The molecule has 0 atom stereocenters. The van der Waals surface area contributed by atoms with Crippen molar-refractivity contribution in [1.82, 2.24) is 5.32 Å². The summed E-state index contributed by atoms with van der Waals surface area (Å²) in [5, 5.41) is 3.49. The Morgan fingerprint density at radius 1 is 1.00 bits per heavy atom. The van der Waals surface area contributed by atoms with Crippen LogP contribution in [0.5, 0.6) is 5.75 Å². The third-order valence-electron chi connectivity index (χ3n) is 2.49. The van der Waals surface area contributed by atoms with E-state index >= 15 is 0 Å².